The third-order valence-corrected chi connectivity index (χ3v) is 5.28. The van der Waals surface area contributed by atoms with E-state index in [2.05, 4.69) is 0 Å². The summed E-state index contributed by atoms with van der Waals surface area (Å²) in [4.78, 5) is 21.4. The summed E-state index contributed by atoms with van der Waals surface area (Å²) in [6.07, 6.45) is 10.2. The summed E-state index contributed by atoms with van der Waals surface area (Å²) in [6.45, 7) is 0.535. The summed E-state index contributed by atoms with van der Waals surface area (Å²) in [7, 11) is 0. The largest absolute Gasteiger partial charge is 0.481 e. The minimum absolute atomic E-state index is 0.211. The van der Waals surface area contributed by atoms with Crippen molar-refractivity contribution in [3.8, 4) is 0 Å². The van der Waals surface area contributed by atoms with Crippen LogP contribution in [-0.2, 0) is 14.3 Å². The molecule has 1 unspecified atom stereocenters. The van der Waals surface area contributed by atoms with E-state index < -0.39 is 11.4 Å². The molecule has 2 saturated carbocycles. The van der Waals surface area contributed by atoms with Crippen LogP contribution in [0.2, 0.25) is 0 Å². The molecular formula is C17H28O5. The van der Waals surface area contributed by atoms with Crippen LogP contribution >= 0.6 is 0 Å². The molecule has 5 nitrogen and oxygen atoms in total. The summed E-state index contributed by atoms with van der Waals surface area (Å²) >= 11 is 0. The molecule has 5 heteroatoms. The van der Waals surface area contributed by atoms with Gasteiger partial charge in [-0.15, -0.1) is 0 Å². The molecule has 0 saturated heterocycles. The maximum atomic E-state index is 11.0. The van der Waals surface area contributed by atoms with Crippen LogP contribution in [0.1, 0.15) is 77.0 Å². The molecule has 0 amide bonds. The van der Waals surface area contributed by atoms with E-state index in [-0.39, 0.29) is 11.7 Å². The first-order chi connectivity index (χ1) is 10.5. The van der Waals surface area contributed by atoms with Gasteiger partial charge in [-0.3, -0.25) is 9.59 Å². The standard InChI is InChI=1S/C17H28O5/c18-13-22-17(11-12-17)8-4-6-14(19)5-2-1-3-7-16(9-10-16)15(20)21/h13-14,19H,1-12H2,(H,20,21). The summed E-state index contributed by atoms with van der Waals surface area (Å²) in [5.41, 5.74) is -0.618. The zero-order chi connectivity index (χ0) is 16.1. The number of carboxylic acid groups (broad SMARTS) is 1. The summed E-state index contributed by atoms with van der Waals surface area (Å²) in [5.74, 6) is -0.640. The topological polar surface area (TPSA) is 83.8 Å². The minimum Gasteiger partial charge on any atom is -0.481 e. The van der Waals surface area contributed by atoms with E-state index in [1.54, 1.807) is 0 Å². The van der Waals surface area contributed by atoms with Gasteiger partial charge in [0.15, 0.2) is 0 Å². The Morgan fingerprint density at radius 1 is 1.05 bits per heavy atom. The third kappa shape index (κ3) is 4.97. The Balaban J connectivity index is 1.45. The molecule has 0 aromatic rings. The van der Waals surface area contributed by atoms with Crippen molar-refractivity contribution in [2.75, 3.05) is 0 Å². The number of hydrogen-bond donors (Lipinski definition) is 2. The van der Waals surface area contributed by atoms with E-state index in [0.29, 0.717) is 6.47 Å². The van der Waals surface area contributed by atoms with Gasteiger partial charge in [0.1, 0.15) is 5.60 Å². The maximum Gasteiger partial charge on any atom is 0.309 e. The molecule has 0 bridgehead atoms. The highest BCUT2D eigenvalue weighted by molar-refractivity contribution is 5.77. The molecule has 1 atom stereocenters. The number of carbonyl (C=O) groups excluding carboxylic acids is 1. The Hall–Kier alpha value is -1.10. The maximum absolute atomic E-state index is 11.0. The molecule has 0 aliphatic heterocycles. The van der Waals surface area contributed by atoms with Crippen molar-refractivity contribution >= 4 is 12.4 Å². The second-order valence-corrected chi connectivity index (χ2v) is 7.13. The van der Waals surface area contributed by atoms with E-state index in [1.165, 1.54) is 0 Å². The molecule has 2 N–H and O–H groups in total. The number of carboxylic acids is 1. The number of hydrogen-bond acceptors (Lipinski definition) is 4. The average Bonchev–Trinajstić information content (AvgIpc) is 3.36. The average molecular weight is 312 g/mol. The predicted octanol–water partition coefficient (Wildman–Crippen LogP) is 3.04. The first-order valence-corrected chi connectivity index (χ1v) is 8.55. The SMILES string of the molecule is O=COC1(CCCC(O)CCCCCC2(C(=O)O)CC2)CC1. The lowest BCUT2D eigenvalue weighted by atomic mass is 9.97. The summed E-state index contributed by atoms with van der Waals surface area (Å²) < 4.78 is 5.08. The van der Waals surface area contributed by atoms with Crippen LogP contribution in [0, 0.1) is 5.41 Å². The monoisotopic (exact) mass is 312 g/mol. The molecule has 0 radical (unpaired) electrons. The molecule has 22 heavy (non-hydrogen) atoms. The second-order valence-electron chi connectivity index (χ2n) is 7.13. The van der Waals surface area contributed by atoms with Gasteiger partial charge in [0, 0.05) is 0 Å². The Morgan fingerprint density at radius 2 is 1.73 bits per heavy atom. The Bertz CT molecular complexity index is 385. The molecule has 0 spiro atoms. The number of rotatable bonds is 13. The fraction of sp³-hybridized carbons (Fsp3) is 0.882. The van der Waals surface area contributed by atoms with Crippen molar-refractivity contribution in [1.82, 2.24) is 0 Å². The highest BCUT2D eigenvalue weighted by Crippen LogP contribution is 2.50. The lowest BCUT2D eigenvalue weighted by Crippen LogP contribution is -2.15. The number of carbonyl (C=O) groups is 2. The second kappa shape index (κ2) is 7.44. The number of unbranched alkanes of at least 4 members (excludes halogenated alkanes) is 2. The molecule has 0 aromatic heterocycles. The van der Waals surface area contributed by atoms with Crippen molar-refractivity contribution < 1.29 is 24.5 Å². The van der Waals surface area contributed by atoms with E-state index >= 15 is 0 Å². The highest BCUT2D eigenvalue weighted by Gasteiger charge is 2.49. The van der Waals surface area contributed by atoms with Gasteiger partial charge in [-0.25, -0.2) is 0 Å². The highest BCUT2D eigenvalue weighted by atomic mass is 16.5. The molecule has 0 heterocycles. The molecule has 2 aliphatic rings. The van der Waals surface area contributed by atoms with Crippen LogP contribution in [0.4, 0.5) is 0 Å². The zero-order valence-electron chi connectivity index (χ0n) is 13.3. The zero-order valence-corrected chi connectivity index (χ0v) is 13.3. The van der Waals surface area contributed by atoms with Crippen LogP contribution in [0.15, 0.2) is 0 Å². The van der Waals surface area contributed by atoms with E-state index in [0.717, 1.165) is 77.0 Å². The van der Waals surface area contributed by atoms with Crippen molar-refractivity contribution in [1.29, 1.82) is 0 Å². The summed E-state index contributed by atoms with van der Waals surface area (Å²) in [6, 6.07) is 0. The van der Waals surface area contributed by atoms with Crippen LogP contribution in [-0.4, -0.2) is 34.4 Å². The first kappa shape index (κ1) is 17.3. The Kier molecular flexibility index (Phi) is 5.84. The van der Waals surface area contributed by atoms with Gasteiger partial charge in [-0.1, -0.05) is 19.3 Å². The smallest absolute Gasteiger partial charge is 0.309 e. The van der Waals surface area contributed by atoms with Gasteiger partial charge in [-0.2, -0.15) is 0 Å². The van der Waals surface area contributed by atoms with Gasteiger partial charge >= 0.3 is 5.97 Å². The Labute approximate surface area is 132 Å². The molecule has 2 rings (SSSR count). The van der Waals surface area contributed by atoms with E-state index in [1.807, 2.05) is 0 Å². The lowest BCUT2D eigenvalue weighted by Gasteiger charge is -2.15. The van der Waals surface area contributed by atoms with E-state index in [9.17, 15) is 14.7 Å². The van der Waals surface area contributed by atoms with Gasteiger partial charge in [0.05, 0.1) is 11.5 Å². The van der Waals surface area contributed by atoms with Crippen LogP contribution in [0.25, 0.3) is 0 Å². The molecule has 0 aromatic carbocycles. The first-order valence-electron chi connectivity index (χ1n) is 8.55. The van der Waals surface area contributed by atoms with Crippen molar-refractivity contribution in [3.05, 3.63) is 0 Å². The van der Waals surface area contributed by atoms with Crippen molar-refractivity contribution in [2.45, 2.75) is 88.8 Å². The van der Waals surface area contributed by atoms with Gasteiger partial charge in [0.25, 0.3) is 6.47 Å². The number of aliphatic hydroxyl groups excluding tert-OH is 1. The fourth-order valence-corrected chi connectivity index (χ4v) is 3.21. The summed E-state index contributed by atoms with van der Waals surface area (Å²) in [5, 5.41) is 19.0. The van der Waals surface area contributed by atoms with Crippen molar-refractivity contribution in [2.24, 2.45) is 5.41 Å². The van der Waals surface area contributed by atoms with Crippen LogP contribution in [0.5, 0.6) is 0 Å². The quantitative estimate of drug-likeness (QED) is 0.403. The molecule has 2 fully saturated rings. The molecular weight excluding hydrogens is 284 g/mol. The Morgan fingerprint density at radius 3 is 2.27 bits per heavy atom. The van der Waals surface area contributed by atoms with Crippen molar-refractivity contribution in [3.63, 3.8) is 0 Å². The van der Waals surface area contributed by atoms with E-state index in [4.69, 9.17) is 9.84 Å². The molecule has 2 aliphatic carbocycles. The van der Waals surface area contributed by atoms with Gasteiger partial charge in [0.2, 0.25) is 0 Å². The van der Waals surface area contributed by atoms with Crippen LogP contribution in [0.3, 0.4) is 0 Å². The number of aliphatic carboxylic acids is 1. The number of aliphatic hydroxyl groups is 1. The van der Waals surface area contributed by atoms with Gasteiger partial charge < -0.3 is 14.9 Å². The van der Waals surface area contributed by atoms with Crippen LogP contribution < -0.4 is 0 Å². The lowest BCUT2D eigenvalue weighted by molar-refractivity contribution is -0.143. The minimum atomic E-state index is -0.640. The normalized spacial score (nSPS) is 21.9. The molecule has 126 valence electrons. The van der Waals surface area contributed by atoms with Gasteiger partial charge in [-0.05, 0) is 57.8 Å². The number of ether oxygens (including phenoxy) is 1. The predicted molar refractivity (Wildman–Crippen MR) is 81.4 cm³/mol. The third-order valence-electron chi connectivity index (χ3n) is 5.28. The fourth-order valence-electron chi connectivity index (χ4n) is 3.21.